The Hall–Kier alpha value is -2.01. The largest absolute Gasteiger partial charge is 0.508 e. The molecule has 0 fully saturated rings. The number of ether oxygens (including phenoxy) is 2. The molecule has 5 nitrogen and oxygen atoms in total. The number of pyridine rings is 1. The number of hydrogen-bond acceptors (Lipinski definition) is 4. The lowest BCUT2D eigenvalue weighted by molar-refractivity contribution is -0.651. The first-order valence-corrected chi connectivity index (χ1v) is 6.93. The van der Waals surface area contributed by atoms with Crippen molar-refractivity contribution in [1.82, 2.24) is 0 Å². The molecule has 3 rings (SSSR count). The number of nitrogens with zero attached hydrogens (tertiary/aromatic N) is 1. The van der Waals surface area contributed by atoms with Crippen LogP contribution < -0.4 is 14.0 Å². The Kier molecular flexibility index (Phi) is 2.99. The topological polar surface area (TPSA) is 62.8 Å². The number of methoxy groups -OCH3 is 1. The van der Waals surface area contributed by atoms with Gasteiger partial charge in [-0.1, -0.05) is 0 Å². The maximum Gasteiger partial charge on any atom is 0.375 e. The number of hydrogen-bond donors (Lipinski definition) is 2. The summed E-state index contributed by atoms with van der Waals surface area (Å²) in [6.07, 6.45) is 0.250. The molecule has 0 amide bonds. The van der Waals surface area contributed by atoms with E-state index in [2.05, 4.69) is 0 Å². The third-order valence-electron chi connectivity index (χ3n) is 4.06. The summed E-state index contributed by atoms with van der Waals surface area (Å²) in [5.74, 6) is 1.59. The van der Waals surface area contributed by atoms with Crippen molar-refractivity contribution in [3.05, 3.63) is 23.8 Å². The van der Waals surface area contributed by atoms with E-state index >= 15 is 0 Å². The van der Waals surface area contributed by atoms with E-state index in [0.717, 1.165) is 16.5 Å². The predicted molar refractivity (Wildman–Crippen MR) is 77.8 cm³/mol. The van der Waals surface area contributed by atoms with Crippen LogP contribution >= 0.6 is 0 Å². The highest BCUT2D eigenvalue weighted by Crippen LogP contribution is 2.41. The second kappa shape index (κ2) is 4.49. The standard InChI is InChI=1S/C16H19NO4/c1-16(2,19)13-8-11-14(20-4)10-7-9(18)5-6-12(10)17(3)15(11)21-13/h5-7,13,19H,8H2,1-4H3/p+1/t13-/m1/s1. The third-order valence-corrected chi connectivity index (χ3v) is 4.06. The van der Waals surface area contributed by atoms with Crippen molar-refractivity contribution in [1.29, 1.82) is 0 Å². The van der Waals surface area contributed by atoms with E-state index in [9.17, 15) is 10.2 Å². The summed E-state index contributed by atoms with van der Waals surface area (Å²) in [7, 11) is 3.51. The van der Waals surface area contributed by atoms with Gasteiger partial charge in [0.05, 0.1) is 18.1 Å². The van der Waals surface area contributed by atoms with Gasteiger partial charge in [0.2, 0.25) is 5.52 Å². The molecule has 0 saturated heterocycles. The van der Waals surface area contributed by atoms with Crippen molar-refractivity contribution in [3.8, 4) is 17.4 Å². The predicted octanol–water partition coefficient (Wildman–Crippen LogP) is 1.45. The average Bonchev–Trinajstić information content (AvgIpc) is 2.84. The zero-order valence-electron chi connectivity index (χ0n) is 12.7. The van der Waals surface area contributed by atoms with Gasteiger partial charge in [-0.25, -0.2) is 0 Å². The molecule has 21 heavy (non-hydrogen) atoms. The average molecular weight is 290 g/mol. The minimum Gasteiger partial charge on any atom is -0.508 e. The van der Waals surface area contributed by atoms with Crippen LogP contribution in [0.25, 0.3) is 10.9 Å². The molecule has 0 bridgehead atoms. The number of aliphatic hydroxyl groups is 1. The molecule has 0 saturated carbocycles. The first-order valence-electron chi connectivity index (χ1n) is 6.93. The summed E-state index contributed by atoms with van der Waals surface area (Å²) in [4.78, 5) is 0. The van der Waals surface area contributed by atoms with Gasteiger partial charge < -0.3 is 19.7 Å². The van der Waals surface area contributed by atoms with Gasteiger partial charge in [-0.3, -0.25) is 0 Å². The van der Waals surface area contributed by atoms with E-state index < -0.39 is 5.60 Å². The third kappa shape index (κ3) is 2.08. The zero-order chi connectivity index (χ0) is 15.4. The smallest absolute Gasteiger partial charge is 0.375 e. The fraction of sp³-hybridized carbons (Fsp3) is 0.438. The number of aromatic nitrogens is 1. The van der Waals surface area contributed by atoms with E-state index in [0.29, 0.717) is 18.1 Å². The fourth-order valence-electron chi connectivity index (χ4n) is 2.89. The van der Waals surface area contributed by atoms with Crippen LogP contribution in [0.1, 0.15) is 19.4 Å². The van der Waals surface area contributed by atoms with Crippen LogP contribution in [0.2, 0.25) is 0 Å². The summed E-state index contributed by atoms with van der Waals surface area (Å²) in [5, 5.41) is 20.8. The van der Waals surface area contributed by atoms with Crippen molar-refractivity contribution >= 4 is 10.9 Å². The van der Waals surface area contributed by atoms with Crippen molar-refractivity contribution in [3.63, 3.8) is 0 Å². The lowest BCUT2D eigenvalue weighted by Crippen LogP contribution is -2.41. The van der Waals surface area contributed by atoms with Crippen LogP contribution in [-0.2, 0) is 13.5 Å². The van der Waals surface area contributed by atoms with Crippen LogP contribution in [0, 0.1) is 0 Å². The molecule has 1 aromatic heterocycles. The van der Waals surface area contributed by atoms with Crippen LogP contribution in [0.15, 0.2) is 18.2 Å². The van der Waals surface area contributed by atoms with Gasteiger partial charge in [-0.05, 0) is 26.0 Å². The SMILES string of the molecule is COc1c2c([n+](C)c3ccc(O)cc13)O[C@@H](C(C)(C)O)C2. The number of rotatable bonds is 2. The molecule has 2 heterocycles. The number of phenolic OH excluding ortho intramolecular Hbond substituents is 1. The highest BCUT2D eigenvalue weighted by atomic mass is 16.5. The number of aromatic hydroxyl groups is 1. The summed E-state index contributed by atoms with van der Waals surface area (Å²) in [6, 6.07) is 5.15. The molecule has 0 unspecified atom stereocenters. The van der Waals surface area contributed by atoms with Gasteiger partial charge in [0.25, 0.3) is 0 Å². The minimum absolute atomic E-state index is 0.193. The molecular formula is C16H20NO4+. The quantitative estimate of drug-likeness (QED) is 0.822. The molecule has 2 N–H and O–H groups in total. The van der Waals surface area contributed by atoms with Gasteiger partial charge in [-0.15, -0.1) is 0 Å². The molecule has 0 spiro atoms. The zero-order valence-corrected chi connectivity index (χ0v) is 12.7. The van der Waals surface area contributed by atoms with Crippen molar-refractivity contribution in [2.45, 2.75) is 32.0 Å². The number of phenols is 1. The normalized spacial score (nSPS) is 17.7. The van der Waals surface area contributed by atoms with Gasteiger partial charge in [0.1, 0.15) is 30.2 Å². The molecule has 1 aliphatic heterocycles. The monoisotopic (exact) mass is 290 g/mol. The molecule has 1 atom stereocenters. The Balaban J connectivity index is 2.27. The molecule has 5 heteroatoms. The van der Waals surface area contributed by atoms with E-state index in [1.165, 1.54) is 0 Å². The Morgan fingerprint density at radius 1 is 1.38 bits per heavy atom. The second-order valence-electron chi connectivity index (χ2n) is 6.04. The molecule has 1 aliphatic rings. The van der Waals surface area contributed by atoms with Gasteiger partial charge in [0.15, 0.2) is 0 Å². The van der Waals surface area contributed by atoms with Crippen LogP contribution in [0.4, 0.5) is 0 Å². The molecule has 0 radical (unpaired) electrons. The number of benzene rings is 1. The maximum absolute atomic E-state index is 10.2. The molecular weight excluding hydrogens is 270 g/mol. The highest BCUT2D eigenvalue weighted by Gasteiger charge is 2.42. The van der Waals surface area contributed by atoms with E-state index in [-0.39, 0.29) is 11.9 Å². The van der Waals surface area contributed by atoms with Gasteiger partial charge in [-0.2, -0.15) is 4.57 Å². The minimum atomic E-state index is -0.939. The van der Waals surface area contributed by atoms with Crippen LogP contribution in [0.3, 0.4) is 0 Å². The molecule has 112 valence electrons. The highest BCUT2D eigenvalue weighted by molar-refractivity contribution is 5.86. The number of fused-ring (bicyclic) bond motifs is 2. The summed E-state index contributed by atoms with van der Waals surface area (Å²) in [6.45, 7) is 3.48. The van der Waals surface area contributed by atoms with E-state index in [4.69, 9.17) is 9.47 Å². The maximum atomic E-state index is 10.2. The Morgan fingerprint density at radius 3 is 2.71 bits per heavy atom. The first-order chi connectivity index (χ1) is 9.82. The van der Waals surface area contributed by atoms with E-state index in [1.54, 1.807) is 33.1 Å². The Labute approximate surface area is 123 Å². The fourth-order valence-corrected chi connectivity index (χ4v) is 2.89. The van der Waals surface area contributed by atoms with Crippen LogP contribution in [-0.4, -0.2) is 29.0 Å². The van der Waals surface area contributed by atoms with Gasteiger partial charge >= 0.3 is 5.88 Å². The van der Waals surface area contributed by atoms with Crippen molar-refractivity contribution in [2.24, 2.45) is 7.05 Å². The summed E-state index contributed by atoms with van der Waals surface area (Å²) < 4.78 is 13.4. The molecule has 0 aliphatic carbocycles. The van der Waals surface area contributed by atoms with Gasteiger partial charge in [0, 0.05) is 12.5 Å². The Bertz CT molecular complexity index is 719. The molecule has 1 aromatic carbocycles. The summed E-state index contributed by atoms with van der Waals surface area (Å²) in [5.41, 5.74) is 0.885. The second-order valence-corrected chi connectivity index (χ2v) is 6.04. The van der Waals surface area contributed by atoms with Crippen LogP contribution in [0.5, 0.6) is 17.4 Å². The number of aryl methyl sites for hydroxylation is 1. The van der Waals surface area contributed by atoms with Crippen molar-refractivity contribution in [2.75, 3.05) is 7.11 Å². The lowest BCUT2D eigenvalue weighted by Gasteiger charge is -2.23. The Morgan fingerprint density at radius 2 is 2.10 bits per heavy atom. The lowest BCUT2D eigenvalue weighted by atomic mass is 9.96. The van der Waals surface area contributed by atoms with Crippen molar-refractivity contribution < 1.29 is 24.3 Å². The van der Waals surface area contributed by atoms with E-state index in [1.807, 2.05) is 17.7 Å². The first kappa shape index (κ1) is 13.9. The molecule has 2 aromatic rings. The summed E-state index contributed by atoms with van der Waals surface area (Å²) >= 11 is 0.